The number of nitrogens with one attached hydrogen (secondary N) is 1. The van der Waals surface area contributed by atoms with Crippen LogP contribution >= 0.6 is 0 Å². The quantitative estimate of drug-likeness (QED) is 0.267. The molecule has 3 aromatic rings. The molecular formula is C29H42N2O9Si3. The first kappa shape index (κ1) is 33.4. The minimum absolute atomic E-state index is 0.160. The minimum atomic E-state index is -3.97. The molecule has 1 aliphatic rings. The molecule has 4 atom stereocenters. The molecule has 0 bridgehead atoms. The summed E-state index contributed by atoms with van der Waals surface area (Å²) >= 11 is 0. The first-order chi connectivity index (χ1) is 20.2. The van der Waals surface area contributed by atoms with E-state index in [1.165, 1.54) is 23.9 Å². The molecule has 1 aromatic heterocycles. The third kappa shape index (κ3) is 8.78. The largest absolute Gasteiger partial charge is 0.659 e. The fraction of sp³-hybridized carbons (Fsp3) is 0.448. The van der Waals surface area contributed by atoms with E-state index in [0.717, 1.165) is 11.1 Å². The molecule has 0 amide bonds. The van der Waals surface area contributed by atoms with Gasteiger partial charge in [-0.2, -0.15) is 0 Å². The summed E-state index contributed by atoms with van der Waals surface area (Å²) in [4.78, 5) is 26.4. The van der Waals surface area contributed by atoms with Crippen LogP contribution in [-0.4, -0.2) is 72.4 Å². The van der Waals surface area contributed by atoms with E-state index in [0.29, 0.717) is 0 Å². The number of aliphatic hydroxyl groups is 1. The minimum Gasteiger partial charge on any atom is -0.395 e. The van der Waals surface area contributed by atoms with Gasteiger partial charge < -0.3 is 31.7 Å². The summed E-state index contributed by atoms with van der Waals surface area (Å²) in [5.74, 6) is 0. The Hall–Kier alpha value is -2.51. The van der Waals surface area contributed by atoms with Crippen LogP contribution in [0.25, 0.3) is 0 Å². The van der Waals surface area contributed by atoms with Crippen molar-refractivity contribution in [2.24, 2.45) is 0 Å². The predicted molar refractivity (Wildman–Crippen MR) is 168 cm³/mol. The molecule has 43 heavy (non-hydrogen) atoms. The van der Waals surface area contributed by atoms with Crippen molar-refractivity contribution in [1.82, 2.24) is 9.55 Å². The lowest BCUT2D eigenvalue weighted by atomic mass is 10.0. The summed E-state index contributed by atoms with van der Waals surface area (Å²) in [5.41, 5.74) is 0.585. The van der Waals surface area contributed by atoms with E-state index in [-0.39, 0.29) is 6.61 Å². The van der Waals surface area contributed by atoms with Gasteiger partial charge in [0.15, 0.2) is 22.9 Å². The highest BCUT2D eigenvalue weighted by Gasteiger charge is 2.55. The molecule has 1 fully saturated rings. The number of aromatic nitrogens is 2. The van der Waals surface area contributed by atoms with Crippen molar-refractivity contribution in [3.63, 3.8) is 0 Å². The Morgan fingerprint density at radius 3 is 1.88 bits per heavy atom. The molecule has 2 heterocycles. The number of aliphatic hydroxyl groups excluding tert-OH is 1. The van der Waals surface area contributed by atoms with E-state index in [4.69, 9.17) is 26.6 Å². The standard InChI is InChI=1S/C29H42N2O9Si3/c1-35-27-25(33)23(37-28(27)31-19-18-24(32)30-29(31)34)20-36-43(39-41(2,3)4,40-42(5,6)7)38-26(21-14-10-8-11-15-21)22-16-12-9-13-17-22/h8-19,23,25-28,33H,20H2,1-7H3,(H,30,32,34)/t23-,25-,27-,28-/m1/s1. The molecule has 0 radical (unpaired) electrons. The van der Waals surface area contributed by atoms with Crippen LogP contribution in [0.1, 0.15) is 23.5 Å². The van der Waals surface area contributed by atoms with Crippen LogP contribution in [0, 0.1) is 0 Å². The number of nitrogens with zero attached hydrogens (tertiary/aromatic N) is 1. The summed E-state index contributed by atoms with van der Waals surface area (Å²) in [6.45, 7) is 12.1. The summed E-state index contributed by atoms with van der Waals surface area (Å²) < 4.78 is 39.9. The Bertz CT molecular complexity index is 1390. The average molecular weight is 647 g/mol. The van der Waals surface area contributed by atoms with E-state index in [1.54, 1.807) is 0 Å². The fourth-order valence-corrected chi connectivity index (χ4v) is 13.2. The maximum atomic E-state index is 12.5. The lowest BCUT2D eigenvalue weighted by molar-refractivity contribution is -0.0747. The molecular weight excluding hydrogens is 605 g/mol. The summed E-state index contributed by atoms with van der Waals surface area (Å²) in [5, 5.41) is 11.2. The Kier molecular flexibility index (Phi) is 10.6. The number of ether oxygens (including phenoxy) is 2. The van der Waals surface area contributed by atoms with Crippen molar-refractivity contribution in [2.75, 3.05) is 13.7 Å². The molecule has 11 nitrogen and oxygen atoms in total. The number of methoxy groups -OCH3 is 1. The molecule has 1 saturated heterocycles. The van der Waals surface area contributed by atoms with E-state index in [2.05, 4.69) is 4.98 Å². The topological polar surface area (TPSA) is 130 Å². The van der Waals surface area contributed by atoms with E-state index in [1.807, 2.05) is 99.9 Å². The van der Waals surface area contributed by atoms with Crippen molar-refractivity contribution in [3.8, 4) is 0 Å². The first-order valence-corrected chi connectivity index (χ1v) is 22.6. The molecule has 14 heteroatoms. The summed E-state index contributed by atoms with van der Waals surface area (Å²) in [6, 6.07) is 20.8. The molecule has 234 valence electrons. The van der Waals surface area contributed by atoms with Crippen LogP contribution in [0.15, 0.2) is 82.5 Å². The Morgan fingerprint density at radius 2 is 1.42 bits per heavy atom. The highest BCUT2D eigenvalue weighted by molar-refractivity contribution is 6.83. The number of hydrogen-bond acceptors (Lipinski definition) is 9. The average Bonchev–Trinajstić information content (AvgIpc) is 3.24. The SMILES string of the molecule is CO[C@@H]1[C@H](O)[C@@H](CO[Si](OC(c2ccccc2)c2ccccc2)(O[Si](C)(C)C)O[Si](C)(C)C)O[C@H]1n1ccc(=O)[nH]c1=O. The number of benzene rings is 2. The van der Waals surface area contributed by atoms with Gasteiger partial charge in [-0.05, 0) is 50.4 Å². The van der Waals surface area contributed by atoms with Crippen LogP contribution in [0.5, 0.6) is 0 Å². The second-order valence-electron chi connectivity index (χ2n) is 12.3. The predicted octanol–water partition coefficient (Wildman–Crippen LogP) is 3.77. The van der Waals surface area contributed by atoms with Crippen molar-refractivity contribution in [3.05, 3.63) is 105 Å². The maximum Gasteiger partial charge on any atom is 0.659 e. The highest BCUT2D eigenvalue weighted by atomic mass is 28.5. The second-order valence-corrected chi connectivity index (χ2v) is 23.9. The van der Waals surface area contributed by atoms with Crippen molar-refractivity contribution >= 4 is 25.7 Å². The number of hydrogen-bond donors (Lipinski definition) is 2. The summed E-state index contributed by atoms with van der Waals surface area (Å²) in [6.07, 6.45) is -3.26. The molecule has 4 rings (SSSR count). The van der Waals surface area contributed by atoms with Gasteiger partial charge in [0, 0.05) is 19.4 Å². The van der Waals surface area contributed by atoms with Gasteiger partial charge in [0.05, 0.1) is 6.61 Å². The zero-order chi connectivity index (χ0) is 31.4. The number of rotatable bonds is 13. The molecule has 1 aliphatic heterocycles. The van der Waals surface area contributed by atoms with Crippen LogP contribution < -0.4 is 11.2 Å². The van der Waals surface area contributed by atoms with Gasteiger partial charge in [0.25, 0.3) is 5.56 Å². The smallest absolute Gasteiger partial charge is 0.395 e. The monoisotopic (exact) mass is 646 g/mol. The van der Waals surface area contributed by atoms with E-state index >= 15 is 0 Å². The lowest BCUT2D eigenvalue weighted by Crippen LogP contribution is -2.60. The zero-order valence-corrected chi connectivity index (χ0v) is 28.7. The van der Waals surface area contributed by atoms with Gasteiger partial charge in [0.1, 0.15) is 24.4 Å². The molecule has 2 aromatic carbocycles. The maximum absolute atomic E-state index is 12.5. The molecule has 0 aliphatic carbocycles. The summed E-state index contributed by atoms with van der Waals surface area (Å²) in [7, 11) is -7.26. The third-order valence-corrected chi connectivity index (χ3v) is 14.4. The Labute approximate surface area is 255 Å². The van der Waals surface area contributed by atoms with E-state index < -0.39 is 67.6 Å². The van der Waals surface area contributed by atoms with Crippen LogP contribution in [0.3, 0.4) is 0 Å². The number of aromatic amines is 1. The molecule has 2 N–H and O–H groups in total. The van der Waals surface area contributed by atoms with Gasteiger partial charge in [0.2, 0.25) is 0 Å². The molecule has 0 unspecified atom stereocenters. The Morgan fingerprint density at radius 1 is 0.884 bits per heavy atom. The second kappa shape index (κ2) is 13.6. The van der Waals surface area contributed by atoms with Gasteiger partial charge in [-0.15, -0.1) is 0 Å². The highest BCUT2D eigenvalue weighted by Crippen LogP contribution is 2.36. The number of H-pyrrole nitrogens is 1. The van der Waals surface area contributed by atoms with Crippen molar-refractivity contribution in [1.29, 1.82) is 0 Å². The molecule has 0 saturated carbocycles. The van der Waals surface area contributed by atoms with Crippen LogP contribution in [-0.2, 0) is 26.6 Å². The van der Waals surface area contributed by atoms with Gasteiger partial charge in [-0.25, -0.2) is 4.79 Å². The van der Waals surface area contributed by atoms with Gasteiger partial charge in [-0.1, -0.05) is 60.7 Å². The zero-order valence-electron chi connectivity index (χ0n) is 25.7. The third-order valence-electron chi connectivity index (χ3n) is 6.46. The first-order valence-electron chi connectivity index (χ1n) is 14.2. The van der Waals surface area contributed by atoms with Crippen molar-refractivity contribution < 1.29 is 31.7 Å². The Balaban J connectivity index is 1.71. The van der Waals surface area contributed by atoms with Gasteiger partial charge >= 0.3 is 14.7 Å². The van der Waals surface area contributed by atoms with E-state index in [9.17, 15) is 14.7 Å². The fourth-order valence-electron chi connectivity index (χ4n) is 4.79. The molecule has 0 spiro atoms. The lowest BCUT2D eigenvalue weighted by Gasteiger charge is -2.40. The van der Waals surface area contributed by atoms with Crippen LogP contribution in [0.4, 0.5) is 0 Å². The normalized spacial score (nSPS) is 21.4. The van der Waals surface area contributed by atoms with Crippen LogP contribution in [0.2, 0.25) is 39.3 Å². The van der Waals surface area contributed by atoms with Gasteiger partial charge in [-0.3, -0.25) is 14.3 Å². The van der Waals surface area contributed by atoms with Crippen molar-refractivity contribution in [2.45, 2.75) is 69.9 Å².